The van der Waals surface area contributed by atoms with E-state index in [9.17, 15) is 0 Å². The van der Waals surface area contributed by atoms with E-state index >= 15 is 0 Å². The van der Waals surface area contributed by atoms with Gasteiger partial charge in [-0.2, -0.15) is 46.5 Å². The molecule has 0 saturated heterocycles. The average molecular weight is 691 g/mol. The van der Waals surface area contributed by atoms with E-state index in [2.05, 4.69) is 134 Å². The van der Waals surface area contributed by atoms with Gasteiger partial charge < -0.3 is 24.8 Å². The van der Waals surface area contributed by atoms with Crippen LogP contribution in [-0.4, -0.2) is 3.21 Å². The Morgan fingerprint density at radius 1 is 0.698 bits per heavy atom. The van der Waals surface area contributed by atoms with Gasteiger partial charge in [0.05, 0.1) is 0 Å². The van der Waals surface area contributed by atoms with Crippen LogP contribution in [0.5, 0.6) is 0 Å². The Hall–Kier alpha value is -1.66. The van der Waals surface area contributed by atoms with E-state index in [1.165, 1.54) is 87.7 Å². The molecule has 4 aromatic carbocycles. The first-order valence-corrected chi connectivity index (χ1v) is 16.6. The van der Waals surface area contributed by atoms with Gasteiger partial charge in [0, 0.05) is 0 Å². The van der Waals surface area contributed by atoms with Crippen molar-refractivity contribution in [1.29, 1.82) is 0 Å². The van der Waals surface area contributed by atoms with Gasteiger partial charge in [-0.25, -0.2) is 6.07 Å². The van der Waals surface area contributed by atoms with Gasteiger partial charge in [-0.15, -0.1) is 11.1 Å². The quantitative estimate of drug-likeness (QED) is 0.217. The second-order valence-electron chi connectivity index (χ2n) is 14.0. The first kappa shape index (κ1) is 37.5. The van der Waals surface area contributed by atoms with Crippen molar-refractivity contribution < 1.29 is 49.0 Å². The van der Waals surface area contributed by atoms with Crippen LogP contribution in [0.25, 0.3) is 22.3 Å². The third kappa shape index (κ3) is 10.2. The minimum absolute atomic E-state index is 0. The molecule has 1 fully saturated rings. The zero-order valence-electron chi connectivity index (χ0n) is 27.4. The second-order valence-corrected chi connectivity index (χ2v) is 15.7. The van der Waals surface area contributed by atoms with Crippen molar-refractivity contribution >= 4 is 3.21 Å². The maximum atomic E-state index is 3.67. The van der Waals surface area contributed by atoms with Crippen LogP contribution in [0.1, 0.15) is 107 Å². The normalized spacial score (nSPS) is 13.7. The van der Waals surface area contributed by atoms with Crippen LogP contribution in [0, 0.1) is 19.9 Å². The van der Waals surface area contributed by atoms with Crippen LogP contribution < -0.4 is 24.8 Å². The van der Waals surface area contributed by atoms with Gasteiger partial charge in [0.1, 0.15) is 0 Å². The van der Waals surface area contributed by atoms with E-state index in [0.717, 1.165) is 6.42 Å². The molecule has 0 amide bonds. The van der Waals surface area contributed by atoms with Crippen molar-refractivity contribution in [3.05, 3.63) is 112 Å². The molecular formula is C40H48Cl2Zr-2. The number of rotatable bonds is 1. The SMILES string of the molecule is CC(C)(C)c1[c-]c2c(cc1)-c1ccc(C(C)(C)C)cc1C2.Cc1cc(-c2ccccc2)c(C)[cH-]1.[Cl-].[Cl-].[Zr+2]=[C]1CCCCC1. The molecule has 0 heterocycles. The van der Waals surface area contributed by atoms with Crippen LogP contribution in [-0.2, 0) is 41.5 Å². The number of fused-ring (bicyclic) bond motifs is 3. The van der Waals surface area contributed by atoms with Crippen molar-refractivity contribution in [1.82, 2.24) is 0 Å². The second kappa shape index (κ2) is 16.1. The van der Waals surface area contributed by atoms with Gasteiger partial charge in [-0.05, 0) is 28.4 Å². The monoisotopic (exact) mass is 688 g/mol. The first-order valence-electron chi connectivity index (χ1n) is 15.4. The Labute approximate surface area is 289 Å². The Morgan fingerprint density at radius 2 is 1.33 bits per heavy atom. The summed E-state index contributed by atoms with van der Waals surface area (Å²) in [5.41, 5.74) is 14.1. The Morgan fingerprint density at radius 3 is 1.84 bits per heavy atom. The van der Waals surface area contributed by atoms with Crippen LogP contribution in [0.2, 0.25) is 0 Å². The third-order valence-corrected chi connectivity index (χ3v) is 9.48. The maximum absolute atomic E-state index is 3.67. The van der Waals surface area contributed by atoms with E-state index in [1.807, 2.05) is 0 Å². The topological polar surface area (TPSA) is 0 Å². The summed E-state index contributed by atoms with van der Waals surface area (Å²) in [6.45, 7) is 17.9. The fourth-order valence-electron chi connectivity index (χ4n) is 5.74. The molecule has 0 aliphatic heterocycles. The summed E-state index contributed by atoms with van der Waals surface area (Å²) in [5.74, 6) is 0. The molecule has 2 aliphatic carbocycles. The van der Waals surface area contributed by atoms with Crippen LogP contribution in [0.3, 0.4) is 0 Å². The summed E-state index contributed by atoms with van der Waals surface area (Å²) in [4.78, 5) is 0. The van der Waals surface area contributed by atoms with Crippen molar-refractivity contribution in [2.45, 2.75) is 105 Å². The summed E-state index contributed by atoms with van der Waals surface area (Å²) in [6.07, 6.45) is 8.34. The predicted octanol–water partition coefficient (Wildman–Crippen LogP) is 5.02. The number of halogens is 2. The van der Waals surface area contributed by atoms with E-state index in [4.69, 9.17) is 0 Å². The molecule has 0 radical (unpaired) electrons. The molecule has 0 unspecified atom stereocenters. The van der Waals surface area contributed by atoms with Gasteiger partial charge in [-0.3, -0.25) is 0 Å². The fourth-order valence-corrected chi connectivity index (χ4v) is 6.61. The van der Waals surface area contributed by atoms with Gasteiger partial charge >= 0.3 is 59.5 Å². The number of hydrogen-bond acceptors (Lipinski definition) is 0. The van der Waals surface area contributed by atoms with Crippen LogP contribution in [0.15, 0.2) is 72.8 Å². The van der Waals surface area contributed by atoms with Crippen LogP contribution >= 0.6 is 0 Å². The molecule has 4 aromatic rings. The average Bonchev–Trinajstić information content (AvgIpc) is 3.47. The van der Waals surface area contributed by atoms with Gasteiger partial charge in [0.25, 0.3) is 0 Å². The van der Waals surface area contributed by atoms with E-state index < -0.39 is 0 Å². The van der Waals surface area contributed by atoms with Gasteiger partial charge in [0.2, 0.25) is 0 Å². The first-order chi connectivity index (χ1) is 19.3. The fraction of sp³-hybridized carbons (Fsp3) is 0.400. The molecular weight excluding hydrogens is 643 g/mol. The Bertz CT molecular complexity index is 1410. The number of benzene rings is 3. The number of aryl methyl sites for hydroxylation is 2. The van der Waals surface area contributed by atoms with Crippen LogP contribution in [0.4, 0.5) is 0 Å². The Balaban J connectivity index is 0.000000250. The molecule has 3 heteroatoms. The molecule has 0 aromatic heterocycles. The molecule has 1 saturated carbocycles. The molecule has 2 aliphatic rings. The summed E-state index contributed by atoms with van der Waals surface area (Å²) < 4.78 is 1.80. The van der Waals surface area contributed by atoms with Crippen molar-refractivity contribution in [2.75, 3.05) is 0 Å². The third-order valence-electron chi connectivity index (χ3n) is 8.25. The number of hydrogen-bond donors (Lipinski definition) is 0. The summed E-state index contributed by atoms with van der Waals surface area (Å²) >= 11 is 1.69. The summed E-state index contributed by atoms with van der Waals surface area (Å²) in [7, 11) is 0. The van der Waals surface area contributed by atoms with Crippen molar-refractivity contribution in [2.24, 2.45) is 0 Å². The molecule has 0 N–H and O–H groups in total. The molecule has 43 heavy (non-hydrogen) atoms. The van der Waals surface area contributed by atoms with Crippen molar-refractivity contribution in [3.63, 3.8) is 0 Å². The Kier molecular flexibility index (Phi) is 14.0. The van der Waals surface area contributed by atoms with Gasteiger partial charge in [-0.1, -0.05) is 115 Å². The molecule has 0 nitrogen and oxygen atoms in total. The molecule has 0 bridgehead atoms. The molecule has 0 spiro atoms. The van der Waals surface area contributed by atoms with E-state index in [-0.39, 0.29) is 35.6 Å². The summed E-state index contributed by atoms with van der Waals surface area (Å²) in [6, 6.07) is 30.2. The summed E-state index contributed by atoms with van der Waals surface area (Å²) in [5, 5.41) is 0. The van der Waals surface area contributed by atoms with Gasteiger partial charge in [0.15, 0.2) is 0 Å². The van der Waals surface area contributed by atoms with E-state index in [0.29, 0.717) is 0 Å². The standard InChI is InChI=1S/C21H25.C13H13.C6H10.2ClH.Zr/c1-20(2,3)16-7-9-18-14(12-16)11-15-13-17(21(4,5)6)8-10-19(15)18;1-10-8-11(2)13(9-10)12-6-4-3-5-7-12;1-2-4-6-5-3-1;;;/h7-10,12H,11H2,1-6H3;3-9H,1-2H3;1-5H2;2*1H;/q2*-1;;;;+2/p-2. The van der Waals surface area contributed by atoms with Crippen molar-refractivity contribution in [3.8, 4) is 22.3 Å². The van der Waals surface area contributed by atoms with E-state index in [1.54, 1.807) is 27.4 Å². The molecule has 6 rings (SSSR count). The molecule has 0 atom stereocenters. The molecule has 228 valence electrons. The zero-order valence-corrected chi connectivity index (χ0v) is 31.4. The minimum atomic E-state index is 0. The zero-order chi connectivity index (χ0) is 29.8. The predicted molar refractivity (Wildman–Crippen MR) is 176 cm³/mol.